The van der Waals surface area contributed by atoms with Crippen LogP contribution in [0.25, 0.3) is 10.9 Å². The van der Waals surface area contributed by atoms with Crippen molar-refractivity contribution in [3.63, 3.8) is 0 Å². The van der Waals surface area contributed by atoms with Crippen LogP contribution >= 0.6 is 0 Å². The summed E-state index contributed by atoms with van der Waals surface area (Å²) < 4.78 is 1.62. The number of rotatable bonds is 4. The van der Waals surface area contributed by atoms with Crippen molar-refractivity contribution in [3.8, 4) is 0 Å². The van der Waals surface area contributed by atoms with Gasteiger partial charge in [0.05, 0.1) is 17.6 Å². The summed E-state index contributed by atoms with van der Waals surface area (Å²) in [6.45, 7) is 0.424. The van der Waals surface area contributed by atoms with Gasteiger partial charge in [0.25, 0.3) is 0 Å². The van der Waals surface area contributed by atoms with Crippen LogP contribution in [-0.4, -0.2) is 35.8 Å². The van der Waals surface area contributed by atoms with Crippen molar-refractivity contribution in [1.82, 2.24) is 24.7 Å². The minimum absolute atomic E-state index is 0.193. The van der Waals surface area contributed by atoms with E-state index in [0.717, 1.165) is 5.39 Å². The van der Waals surface area contributed by atoms with Crippen molar-refractivity contribution in [2.24, 2.45) is 7.05 Å². The largest absolute Gasteiger partial charge is 0.478 e. The molecule has 0 amide bonds. The third-order valence-corrected chi connectivity index (χ3v) is 2.94. The first kappa shape index (κ1) is 13.0. The summed E-state index contributed by atoms with van der Waals surface area (Å²) in [4.78, 5) is 23.3. The second kappa shape index (κ2) is 5.16. The van der Waals surface area contributed by atoms with Gasteiger partial charge in [-0.2, -0.15) is 5.10 Å². The molecular weight excluding hydrogens is 272 g/mol. The molecule has 3 rings (SSSR count). The fourth-order valence-corrected chi connectivity index (χ4v) is 1.96. The molecular formula is C13H12N6O2. The van der Waals surface area contributed by atoms with Gasteiger partial charge in [-0.25, -0.2) is 19.7 Å². The molecule has 0 saturated carbocycles. The summed E-state index contributed by atoms with van der Waals surface area (Å²) in [5, 5.41) is 17.0. The maximum absolute atomic E-state index is 11.0. The van der Waals surface area contributed by atoms with Crippen molar-refractivity contribution in [2.45, 2.75) is 6.54 Å². The fraction of sp³-hybridized carbons (Fsp3) is 0.154. The quantitative estimate of drug-likeness (QED) is 0.738. The monoisotopic (exact) mass is 284 g/mol. The SMILES string of the molecule is Cn1cnc(CNc2ncnc3cc(C(=O)O)ccc23)n1. The van der Waals surface area contributed by atoms with E-state index in [4.69, 9.17) is 5.11 Å². The van der Waals surface area contributed by atoms with E-state index in [2.05, 4.69) is 25.4 Å². The van der Waals surface area contributed by atoms with E-state index >= 15 is 0 Å². The molecule has 0 aliphatic carbocycles. The molecule has 3 aromatic rings. The van der Waals surface area contributed by atoms with Gasteiger partial charge in [0.15, 0.2) is 5.82 Å². The van der Waals surface area contributed by atoms with Crippen molar-refractivity contribution < 1.29 is 9.90 Å². The molecule has 1 aromatic carbocycles. The molecule has 0 radical (unpaired) electrons. The van der Waals surface area contributed by atoms with Gasteiger partial charge in [-0.1, -0.05) is 0 Å². The smallest absolute Gasteiger partial charge is 0.335 e. The highest BCUT2D eigenvalue weighted by Gasteiger charge is 2.08. The van der Waals surface area contributed by atoms with Gasteiger partial charge in [-0.15, -0.1) is 0 Å². The molecule has 2 heterocycles. The average molecular weight is 284 g/mol. The molecule has 8 heteroatoms. The highest BCUT2D eigenvalue weighted by Crippen LogP contribution is 2.20. The van der Waals surface area contributed by atoms with Crippen LogP contribution in [0.3, 0.4) is 0 Å². The molecule has 0 aliphatic heterocycles. The number of carbonyl (C=O) groups is 1. The molecule has 0 bridgehead atoms. The van der Waals surface area contributed by atoms with Crippen molar-refractivity contribution in [1.29, 1.82) is 0 Å². The van der Waals surface area contributed by atoms with Crippen LogP contribution in [0, 0.1) is 0 Å². The summed E-state index contributed by atoms with van der Waals surface area (Å²) in [7, 11) is 1.80. The Kier molecular flexibility index (Phi) is 3.19. The van der Waals surface area contributed by atoms with Crippen LogP contribution in [0.5, 0.6) is 0 Å². The summed E-state index contributed by atoms with van der Waals surface area (Å²) in [5.41, 5.74) is 0.764. The molecule has 2 aromatic heterocycles. The fourth-order valence-electron chi connectivity index (χ4n) is 1.96. The Balaban J connectivity index is 1.90. The third-order valence-electron chi connectivity index (χ3n) is 2.94. The lowest BCUT2D eigenvalue weighted by atomic mass is 10.1. The lowest BCUT2D eigenvalue weighted by Crippen LogP contribution is -2.05. The number of anilines is 1. The van der Waals surface area contributed by atoms with Gasteiger partial charge >= 0.3 is 5.97 Å². The van der Waals surface area contributed by atoms with Gasteiger partial charge in [-0.05, 0) is 18.2 Å². The number of aromatic carboxylic acids is 1. The lowest BCUT2D eigenvalue weighted by molar-refractivity contribution is 0.0697. The molecule has 8 nitrogen and oxygen atoms in total. The number of hydrogen-bond acceptors (Lipinski definition) is 6. The summed E-state index contributed by atoms with van der Waals surface area (Å²) >= 11 is 0. The normalized spacial score (nSPS) is 10.7. The minimum Gasteiger partial charge on any atom is -0.478 e. The van der Waals surface area contributed by atoms with Crippen LogP contribution in [0.15, 0.2) is 30.9 Å². The number of aryl methyl sites for hydroxylation is 1. The van der Waals surface area contributed by atoms with Crippen molar-refractivity contribution in [3.05, 3.63) is 42.2 Å². The molecule has 0 aliphatic rings. The van der Waals surface area contributed by atoms with E-state index in [1.54, 1.807) is 24.1 Å². The summed E-state index contributed by atoms with van der Waals surface area (Å²) in [6, 6.07) is 4.73. The number of benzene rings is 1. The first-order chi connectivity index (χ1) is 10.1. The highest BCUT2D eigenvalue weighted by atomic mass is 16.4. The lowest BCUT2D eigenvalue weighted by Gasteiger charge is -2.07. The zero-order chi connectivity index (χ0) is 14.8. The third kappa shape index (κ3) is 2.64. The molecule has 0 spiro atoms. The second-order valence-corrected chi connectivity index (χ2v) is 4.45. The van der Waals surface area contributed by atoms with Crippen LogP contribution < -0.4 is 5.32 Å². The van der Waals surface area contributed by atoms with Crippen LogP contribution in [0.4, 0.5) is 5.82 Å². The van der Waals surface area contributed by atoms with E-state index < -0.39 is 5.97 Å². The molecule has 21 heavy (non-hydrogen) atoms. The Labute approximate surface area is 119 Å². The number of nitrogens with zero attached hydrogens (tertiary/aromatic N) is 5. The number of fused-ring (bicyclic) bond motifs is 1. The van der Waals surface area contributed by atoms with Crippen molar-refractivity contribution >= 4 is 22.7 Å². The summed E-state index contributed by atoms with van der Waals surface area (Å²) in [5.74, 6) is 0.276. The van der Waals surface area contributed by atoms with E-state index in [9.17, 15) is 4.79 Å². The Morgan fingerprint density at radius 1 is 1.33 bits per heavy atom. The second-order valence-electron chi connectivity index (χ2n) is 4.45. The molecule has 0 fully saturated rings. The molecule has 0 saturated heterocycles. The Morgan fingerprint density at radius 2 is 2.19 bits per heavy atom. The van der Waals surface area contributed by atoms with Gasteiger partial charge < -0.3 is 10.4 Å². The Morgan fingerprint density at radius 3 is 2.90 bits per heavy atom. The zero-order valence-corrected chi connectivity index (χ0v) is 11.2. The van der Waals surface area contributed by atoms with Gasteiger partial charge in [-0.3, -0.25) is 4.68 Å². The van der Waals surface area contributed by atoms with Gasteiger partial charge in [0.1, 0.15) is 18.5 Å². The number of nitrogens with one attached hydrogen (secondary N) is 1. The number of carboxylic acids is 1. The van der Waals surface area contributed by atoms with E-state index in [0.29, 0.717) is 23.7 Å². The Bertz CT molecular complexity index is 813. The molecule has 0 unspecified atom stereocenters. The van der Waals surface area contributed by atoms with Crippen LogP contribution in [0.1, 0.15) is 16.2 Å². The maximum atomic E-state index is 11.0. The van der Waals surface area contributed by atoms with Gasteiger partial charge in [0, 0.05) is 12.4 Å². The standard InChI is InChI=1S/C13H12N6O2/c1-19-7-17-11(18-19)5-14-12-9-3-2-8(13(20)21)4-10(9)15-6-16-12/h2-4,6-7H,5H2,1H3,(H,20,21)(H,14,15,16). The van der Waals surface area contributed by atoms with E-state index in [1.165, 1.54) is 18.5 Å². The van der Waals surface area contributed by atoms with E-state index in [-0.39, 0.29) is 5.56 Å². The van der Waals surface area contributed by atoms with Gasteiger partial charge in [0.2, 0.25) is 0 Å². The first-order valence-corrected chi connectivity index (χ1v) is 6.20. The molecule has 106 valence electrons. The summed E-state index contributed by atoms with van der Waals surface area (Å²) in [6.07, 6.45) is 3.01. The number of hydrogen-bond donors (Lipinski definition) is 2. The van der Waals surface area contributed by atoms with Crippen molar-refractivity contribution in [2.75, 3.05) is 5.32 Å². The minimum atomic E-state index is -0.984. The molecule has 0 atom stereocenters. The van der Waals surface area contributed by atoms with Crippen LogP contribution in [-0.2, 0) is 13.6 Å². The predicted molar refractivity (Wildman–Crippen MR) is 74.8 cm³/mol. The average Bonchev–Trinajstić information content (AvgIpc) is 2.90. The number of carboxylic acid groups (broad SMARTS) is 1. The first-order valence-electron chi connectivity index (χ1n) is 6.20. The van der Waals surface area contributed by atoms with Crippen LogP contribution in [0.2, 0.25) is 0 Å². The Hall–Kier alpha value is -3.03. The number of aromatic nitrogens is 5. The highest BCUT2D eigenvalue weighted by molar-refractivity contribution is 5.96. The van der Waals surface area contributed by atoms with E-state index in [1.807, 2.05) is 0 Å². The zero-order valence-electron chi connectivity index (χ0n) is 11.2. The maximum Gasteiger partial charge on any atom is 0.335 e. The topological polar surface area (TPSA) is 106 Å². The predicted octanol–water partition coefficient (Wildman–Crippen LogP) is 1.07. The molecule has 2 N–H and O–H groups in total.